The second-order valence-corrected chi connectivity index (χ2v) is 9.46. The van der Waals surface area contributed by atoms with E-state index in [0.717, 1.165) is 29.1 Å². The topological polar surface area (TPSA) is 90.8 Å². The molecule has 2 aromatic rings. The highest BCUT2D eigenvalue weighted by molar-refractivity contribution is 7.92. The average Bonchev–Trinajstić information content (AvgIpc) is 3.34. The number of hydrogen-bond donors (Lipinski definition) is 1. The Balaban J connectivity index is 2.01. The number of aromatic carboxylic acids is 1. The predicted octanol–water partition coefficient (Wildman–Crippen LogP) is 2.84. The number of benzene rings is 1. The fourth-order valence-corrected chi connectivity index (χ4v) is 3.53. The number of pyridine rings is 1. The van der Waals surface area contributed by atoms with Crippen molar-refractivity contribution in [2.45, 2.75) is 19.9 Å². The van der Waals surface area contributed by atoms with Gasteiger partial charge in [0.15, 0.2) is 0 Å². The maximum Gasteiger partial charge on any atom is 0.335 e. The minimum Gasteiger partial charge on any atom is -0.478 e. The van der Waals surface area contributed by atoms with Crippen LogP contribution in [0.1, 0.15) is 29.3 Å². The fourth-order valence-electron chi connectivity index (χ4n) is 3.10. The molecule has 1 N–H and O–H groups in total. The van der Waals surface area contributed by atoms with Crippen LogP contribution >= 0.6 is 0 Å². The zero-order valence-electron chi connectivity index (χ0n) is 16.2. The van der Waals surface area contributed by atoms with Crippen LogP contribution in [0, 0.1) is 11.8 Å². The number of anilines is 2. The number of carboxylic acid groups (broad SMARTS) is 1. The smallest absolute Gasteiger partial charge is 0.335 e. The third kappa shape index (κ3) is 4.81. The molecule has 28 heavy (non-hydrogen) atoms. The highest BCUT2D eigenvalue weighted by Crippen LogP contribution is 2.39. The summed E-state index contributed by atoms with van der Waals surface area (Å²) in [4.78, 5) is 18.2. The molecule has 1 aromatic heterocycles. The third-order valence-electron chi connectivity index (χ3n) is 5.14. The second-order valence-electron chi connectivity index (χ2n) is 7.45. The highest BCUT2D eigenvalue weighted by Gasteiger charge is 2.34. The van der Waals surface area contributed by atoms with Crippen molar-refractivity contribution in [3.8, 4) is 0 Å². The number of aromatic nitrogens is 1. The summed E-state index contributed by atoms with van der Waals surface area (Å²) in [6, 6.07) is 12.7. The number of carbonyl (C=O) groups is 1. The van der Waals surface area contributed by atoms with E-state index in [9.17, 15) is 18.3 Å². The standard InChI is InChI=1S/C20H25N3O4S/c1-14-9-17(14)13-23(12-15-7-5-4-6-8-15)19-11-16(20(24)25)10-18(21-19)22(2)28(3,26)27/h4-8,10-11,14,17H,9,12-13H2,1-3H3,(H,24,25). The first-order valence-electron chi connectivity index (χ1n) is 9.13. The van der Waals surface area contributed by atoms with Crippen LogP contribution in [0.4, 0.5) is 11.6 Å². The SMILES string of the molecule is CC1CC1CN(Cc1ccccc1)c1cc(C(=O)O)cc(N(C)S(C)(=O)=O)n1. The van der Waals surface area contributed by atoms with Gasteiger partial charge < -0.3 is 10.0 Å². The van der Waals surface area contributed by atoms with E-state index in [1.54, 1.807) is 0 Å². The van der Waals surface area contributed by atoms with Gasteiger partial charge in [-0.3, -0.25) is 4.31 Å². The van der Waals surface area contributed by atoms with Gasteiger partial charge in [0, 0.05) is 20.1 Å². The molecule has 1 aliphatic rings. The zero-order chi connectivity index (χ0) is 20.5. The van der Waals surface area contributed by atoms with Crippen LogP contribution in [0.2, 0.25) is 0 Å². The minimum absolute atomic E-state index is 0.0115. The summed E-state index contributed by atoms with van der Waals surface area (Å²) >= 11 is 0. The van der Waals surface area contributed by atoms with E-state index in [1.165, 1.54) is 19.2 Å². The van der Waals surface area contributed by atoms with Gasteiger partial charge in [0.05, 0.1) is 11.8 Å². The van der Waals surface area contributed by atoms with Gasteiger partial charge in [-0.25, -0.2) is 18.2 Å². The Morgan fingerprint density at radius 3 is 2.36 bits per heavy atom. The summed E-state index contributed by atoms with van der Waals surface area (Å²) in [7, 11) is -2.19. The van der Waals surface area contributed by atoms with Crippen LogP contribution in [0.5, 0.6) is 0 Å². The Morgan fingerprint density at radius 2 is 1.82 bits per heavy atom. The third-order valence-corrected chi connectivity index (χ3v) is 6.32. The summed E-state index contributed by atoms with van der Waals surface area (Å²) in [5, 5.41) is 9.51. The van der Waals surface area contributed by atoms with Gasteiger partial charge in [-0.2, -0.15) is 0 Å². The lowest BCUT2D eigenvalue weighted by Gasteiger charge is -2.26. The van der Waals surface area contributed by atoms with Crippen molar-refractivity contribution in [2.24, 2.45) is 11.8 Å². The second kappa shape index (κ2) is 7.79. The van der Waals surface area contributed by atoms with Crippen LogP contribution in [0.25, 0.3) is 0 Å². The fraction of sp³-hybridized carbons (Fsp3) is 0.400. The van der Waals surface area contributed by atoms with Crippen LogP contribution in [0.15, 0.2) is 42.5 Å². The Kier molecular flexibility index (Phi) is 5.60. The van der Waals surface area contributed by atoms with E-state index in [-0.39, 0.29) is 11.4 Å². The molecule has 0 spiro atoms. The molecule has 7 nitrogen and oxygen atoms in total. The Hall–Kier alpha value is -2.61. The van der Waals surface area contributed by atoms with Crippen LogP contribution < -0.4 is 9.21 Å². The minimum atomic E-state index is -3.56. The van der Waals surface area contributed by atoms with Crippen molar-refractivity contribution in [1.82, 2.24) is 4.98 Å². The molecule has 0 saturated heterocycles. The average molecular weight is 404 g/mol. The molecule has 0 aliphatic heterocycles. The molecule has 150 valence electrons. The molecular formula is C20H25N3O4S. The summed E-state index contributed by atoms with van der Waals surface area (Å²) < 4.78 is 24.9. The lowest BCUT2D eigenvalue weighted by molar-refractivity contribution is 0.0697. The first kappa shape index (κ1) is 20.1. The predicted molar refractivity (Wildman–Crippen MR) is 109 cm³/mol. The van der Waals surface area contributed by atoms with Crippen molar-refractivity contribution in [3.05, 3.63) is 53.6 Å². The number of hydrogen-bond acceptors (Lipinski definition) is 5. The summed E-state index contributed by atoms with van der Waals surface area (Å²) in [5.41, 5.74) is 1.09. The number of rotatable bonds is 8. The normalized spacial score (nSPS) is 18.5. The van der Waals surface area contributed by atoms with Crippen molar-refractivity contribution in [3.63, 3.8) is 0 Å². The van der Waals surface area contributed by atoms with E-state index in [2.05, 4.69) is 11.9 Å². The molecular weight excluding hydrogens is 378 g/mol. The van der Waals surface area contributed by atoms with Gasteiger partial charge >= 0.3 is 5.97 Å². The molecule has 2 unspecified atom stereocenters. The molecule has 1 saturated carbocycles. The number of sulfonamides is 1. The van der Waals surface area contributed by atoms with Crippen LogP contribution in [-0.4, -0.2) is 44.3 Å². The van der Waals surface area contributed by atoms with Crippen LogP contribution in [-0.2, 0) is 16.6 Å². The summed E-state index contributed by atoms with van der Waals surface area (Å²) in [6.45, 7) is 3.51. The molecule has 1 fully saturated rings. The molecule has 8 heteroatoms. The van der Waals surface area contributed by atoms with Gasteiger partial charge in [-0.05, 0) is 36.0 Å². The molecule has 3 rings (SSSR count). The maximum absolute atomic E-state index is 11.9. The van der Waals surface area contributed by atoms with E-state index in [4.69, 9.17) is 0 Å². The van der Waals surface area contributed by atoms with Crippen molar-refractivity contribution >= 4 is 27.6 Å². The Labute approximate surface area is 165 Å². The Bertz CT molecular complexity index is 963. The molecule has 2 atom stereocenters. The molecule has 0 radical (unpaired) electrons. The summed E-state index contributed by atoms with van der Waals surface area (Å²) in [5.74, 6) is 0.591. The van der Waals surface area contributed by atoms with Gasteiger partial charge in [0.25, 0.3) is 0 Å². The first-order chi connectivity index (χ1) is 13.1. The monoisotopic (exact) mass is 403 g/mol. The van der Waals surface area contributed by atoms with Crippen molar-refractivity contribution in [1.29, 1.82) is 0 Å². The van der Waals surface area contributed by atoms with E-state index < -0.39 is 16.0 Å². The van der Waals surface area contributed by atoms with Gasteiger partial charge in [-0.1, -0.05) is 37.3 Å². The Morgan fingerprint density at radius 1 is 1.21 bits per heavy atom. The maximum atomic E-state index is 11.9. The molecule has 1 aliphatic carbocycles. The van der Waals surface area contributed by atoms with Crippen molar-refractivity contribution < 1.29 is 18.3 Å². The molecule has 1 heterocycles. The zero-order valence-corrected chi connectivity index (χ0v) is 17.1. The van der Waals surface area contributed by atoms with Crippen molar-refractivity contribution in [2.75, 3.05) is 29.1 Å². The van der Waals surface area contributed by atoms with E-state index in [0.29, 0.717) is 24.2 Å². The molecule has 0 bridgehead atoms. The summed E-state index contributed by atoms with van der Waals surface area (Å²) in [6.07, 6.45) is 2.19. The lowest BCUT2D eigenvalue weighted by Crippen LogP contribution is -2.29. The van der Waals surface area contributed by atoms with E-state index in [1.807, 2.05) is 35.2 Å². The largest absolute Gasteiger partial charge is 0.478 e. The van der Waals surface area contributed by atoms with Crippen LogP contribution in [0.3, 0.4) is 0 Å². The first-order valence-corrected chi connectivity index (χ1v) is 11.0. The number of nitrogens with zero attached hydrogens (tertiary/aromatic N) is 3. The lowest BCUT2D eigenvalue weighted by atomic mass is 10.2. The van der Waals surface area contributed by atoms with Gasteiger partial charge in [0.1, 0.15) is 11.6 Å². The quantitative estimate of drug-likeness (QED) is 0.729. The highest BCUT2D eigenvalue weighted by atomic mass is 32.2. The molecule has 0 amide bonds. The van der Waals surface area contributed by atoms with Gasteiger partial charge in [-0.15, -0.1) is 0 Å². The van der Waals surface area contributed by atoms with E-state index >= 15 is 0 Å². The number of carboxylic acids is 1. The van der Waals surface area contributed by atoms with Gasteiger partial charge in [0.2, 0.25) is 10.0 Å². The molecule has 1 aromatic carbocycles.